The van der Waals surface area contributed by atoms with Gasteiger partial charge >= 0.3 is 0 Å². The number of nitrogens with one attached hydrogen (secondary N) is 1. The van der Waals surface area contributed by atoms with Crippen molar-refractivity contribution in [1.29, 1.82) is 0 Å². The molecule has 1 aliphatic heterocycles. The number of carbonyl (C=O) groups excluding carboxylic acids is 1. The quantitative estimate of drug-likeness (QED) is 0.662. The summed E-state index contributed by atoms with van der Waals surface area (Å²) in [6, 6.07) is 0.343. The highest BCUT2D eigenvalue weighted by Crippen LogP contribution is 2.14. The zero-order valence-electron chi connectivity index (χ0n) is 8.99. The monoisotopic (exact) mass is 200 g/mol. The largest absolute Gasteiger partial charge is 0.396 e. The van der Waals surface area contributed by atoms with E-state index in [1.165, 1.54) is 0 Å². The molecule has 2 N–H and O–H groups in total. The second-order valence-electron chi connectivity index (χ2n) is 4.21. The van der Waals surface area contributed by atoms with E-state index in [4.69, 9.17) is 5.11 Å². The molecule has 82 valence electrons. The van der Waals surface area contributed by atoms with E-state index in [2.05, 4.69) is 5.32 Å². The topological polar surface area (TPSA) is 52.6 Å². The van der Waals surface area contributed by atoms with Crippen LogP contribution >= 0.6 is 0 Å². The Balaban J connectivity index is 2.25. The van der Waals surface area contributed by atoms with Crippen LogP contribution in [0.25, 0.3) is 0 Å². The van der Waals surface area contributed by atoms with Gasteiger partial charge in [-0.15, -0.1) is 0 Å². The summed E-state index contributed by atoms with van der Waals surface area (Å²) in [5.74, 6) is 0.438. The number of rotatable bonds is 4. The zero-order valence-corrected chi connectivity index (χ0v) is 8.99. The second-order valence-corrected chi connectivity index (χ2v) is 4.21. The van der Waals surface area contributed by atoms with E-state index in [9.17, 15) is 4.79 Å². The molecule has 1 aliphatic rings. The minimum atomic E-state index is 0.148. The average Bonchev–Trinajstić information content (AvgIpc) is 2.62. The lowest BCUT2D eigenvalue weighted by Crippen LogP contribution is -2.39. The number of carbonyl (C=O) groups is 1. The molecule has 1 unspecified atom stereocenters. The predicted octanol–water partition coefficient (Wildman–Crippen LogP) is -0.175. The highest BCUT2D eigenvalue weighted by Gasteiger charge is 2.25. The van der Waals surface area contributed by atoms with Gasteiger partial charge in [0.1, 0.15) is 0 Å². The summed E-state index contributed by atoms with van der Waals surface area (Å²) >= 11 is 0. The van der Waals surface area contributed by atoms with Gasteiger partial charge < -0.3 is 15.3 Å². The zero-order chi connectivity index (χ0) is 10.6. The first-order chi connectivity index (χ1) is 6.63. The van der Waals surface area contributed by atoms with Crippen molar-refractivity contribution < 1.29 is 9.90 Å². The highest BCUT2D eigenvalue weighted by molar-refractivity contribution is 5.78. The average molecular weight is 200 g/mol. The van der Waals surface area contributed by atoms with Crippen LogP contribution in [0.1, 0.15) is 20.3 Å². The fraction of sp³-hybridized carbons (Fsp3) is 0.900. The van der Waals surface area contributed by atoms with Crippen molar-refractivity contribution in [2.45, 2.75) is 26.3 Å². The Hall–Kier alpha value is -0.610. The normalized spacial score (nSPS) is 22.0. The van der Waals surface area contributed by atoms with Gasteiger partial charge in [-0.1, -0.05) is 13.8 Å². The summed E-state index contributed by atoms with van der Waals surface area (Å²) in [6.45, 7) is 6.16. The van der Waals surface area contributed by atoms with Crippen molar-refractivity contribution in [3.8, 4) is 0 Å². The molecule has 4 nitrogen and oxygen atoms in total. The highest BCUT2D eigenvalue weighted by atomic mass is 16.3. The summed E-state index contributed by atoms with van der Waals surface area (Å²) < 4.78 is 0. The van der Waals surface area contributed by atoms with Crippen LogP contribution in [-0.4, -0.2) is 48.2 Å². The molecule has 14 heavy (non-hydrogen) atoms. The minimum Gasteiger partial charge on any atom is -0.396 e. The first kappa shape index (κ1) is 11.5. The maximum Gasteiger partial charge on any atom is 0.236 e. The number of aliphatic hydroxyl groups is 1. The third kappa shape index (κ3) is 3.27. The van der Waals surface area contributed by atoms with Gasteiger partial charge in [0.15, 0.2) is 0 Å². The lowest BCUT2D eigenvalue weighted by atomic mass is 10.1. The van der Waals surface area contributed by atoms with Crippen LogP contribution in [0.5, 0.6) is 0 Å². The molecule has 0 aliphatic carbocycles. The molecule has 1 saturated heterocycles. The molecule has 1 heterocycles. The van der Waals surface area contributed by atoms with E-state index in [0.717, 1.165) is 19.5 Å². The number of likely N-dealkylation sites (tertiary alicyclic amines) is 1. The smallest absolute Gasteiger partial charge is 0.236 e. The Morgan fingerprint density at radius 3 is 2.86 bits per heavy atom. The van der Waals surface area contributed by atoms with Crippen LogP contribution < -0.4 is 5.32 Å². The molecule has 4 heteroatoms. The number of amides is 1. The van der Waals surface area contributed by atoms with Crippen molar-refractivity contribution in [3.05, 3.63) is 0 Å². The summed E-state index contributed by atoms with van der Waals surface area (Å²) in [7, 11) is 0. The predicted molar refractivity (Wildman–Crippen MR) is 54.9 cm³/mol. The summed E-state index contributed by atoms with van der Waals surface area (Å²) in [5.41, 5.74) is 0. The number of aliphatic hydroxyl groups excluding tert-OH is 1. The molecule has 1 amide bonds. The fourth-order valence-electron chi connectivity index (χ4n) is 1.61. The third-order valence-corrected chi connectivity index (χ3v) is 2.56. The van der Waals surface area contributed by atoms with E-state index in [0.29, 0.717) is 12.6 Å². The molecule has 1 atom stereocenters. The van der Waals surface area contributed by atoms with Crippen molar-refractivity contribution in [2.24, 2.45) is 5.92 Å². The number of nitrogens with zero attached hydrogens (tertiary/aromatic N) is 1. The standard InChI is InChI=1S/C10H20N2O2/c1-8(2)11-5-10(14)12-4-3-9(6-12)7-13/h8-9,11,13H,3-7H2,1-2H3. The maximum atomic E-state index is 11.6. The summed E-state index contributed by atoms with van der Waals surface area (Å²) in [6.07, 6.45) is 0.934. The SMILES string of the molecule is CC(C)NCC(=O)N1CCC(CO)C1. The summed E-state index contributed by atoms with van der Waals surface area (Å²) in [5, 5.41) is 12.0. The third-order valence-electron chi connectivity index (χ3n) is 2.56. The molecule has 0 aromatic carbocycles. The van der Waals surface area contributed by atoms with Gasteiger partial charge in [0.05, 0.1) is 6.54 Å². The van der Waals surface area contributed by atoms with Crippen LogP contribution in [0.3, 0.4) is 0 Å². The first-order valence-corrected chi connectivity index (χ1v) is 5.25. The van der Waals surface area contributed by atoms with Crippen LogP contribution in [0.15, 0.2) is 0 Å². The number of hydrogen-bond donors (Lipinski definition) is 2. The van der Waals surface area contributed by atoms with E-state index in [-0.39, 0.29) is 18.4 Å². The molecule has 1 rings (SSSR count). The van der Waals surface area contributed by atoms with Crippen LogP contribution in [-0.2, 0) is 4.79 Å². The Morgan fingerprint density at radius 2 is 2.36 bits per heavy atom. The molecule has 0 bridgehead atoms. The molecule has 0 aromatic heterocycles. The van der Waals surface area contributed by atoms with Crippen molar-refractivity contribution >= 4 is 5.91 Å². The van der Waals surface area contributed by atoms with Gasteiger partial charge in [-0.25, -0.2) is 0 Å². The van der Waals surface area contributed by atoms with Gasteiger partial charge in [0.2, 0.25) is 5.91 Å². The number of hydrogen-bond acceptors (Lipinski definition) is 3. The molecular formula is C10H20N2O2. The van der Waals surface area contributed by atoms with Gasteiger partial charge in [0, 0.05) is 31.7 Å². The van der Waals surface area contributed by atoms with E-state index in [1.807, 2.05) is 18.7 Å². The lowest BCUT2D eigenvalue weighted by molar-refractivity contribution is -0.129. The molecule has 0 spiro atoms. The molecular weight excluding hydrogens is 180 g/mol. The molecule has 0 radical (unpaired) electrons. The second kappa shape index (κ2) is 5.32. The van der Waals surface area contributed by atoms with Crippen LogP contribution in [0, 0.1) is 5.92 Å². The van der Waals surface area contributed by atoms with E-state index in [1.54, 1.807) is 0 Å². The van der Waals surface area contributed by atoms with Gasteiger partial charge in [0.25, 0.3) is 0 Å². The van der Waals surface area contributed by atoms with E-state index >= 15 is 0 Å². The molecule has 1 fully saturated rings. The first-order valence-electron chi connectivity index (χ1n) is 5.25. The Kier molecular flexibility index (Phi) is 4.35. The summed E-state index contributed by atoms with van der Waals surface area (Å²) in [4.78, 5) is 13.4. The molecule has 0 aromatic rings. The van der Waals surface area contributed by atoms with Crippen molar-refractivity contribution in [1.82, 2.24) is 10.2 Å². The van der Waals surface area contributed by atoms with Crippen LogP contribution in [0.4, 0.5) is 0 Å². The van der Waals surface area contributed by atoms with E-state index < -0.39 is 0 Å². The fourth-order valence-corrected chi connectivity index (χ4v) is 1.61. The van der Waals surface area contributed by atoms with Gasteiger partial charge in [-0.2, -0.15) is 0 Å². The Labute approximate surface area is 85.3 Å². The maximum absolute atomic E-state index is 11.6. The minimum absolute atomic E-state index is 0.148. The molecule has 0 saturated carbocycles. The van der Waals surface area contributed by atoms with Crippen molar-refractivity contribution in [2.75, 3.05) is 26.2 Å². The van der Waals surface area contributed by atoms with Crippen LogP contribution in [0.2, 0.25) is 0 Å². The van der Waals surface area contributed by atoms with Gasteiger partial charge in [-0.3, -0.25) is 4.79 Å². The lowest BCUT2D eigenvalue weighted by Gasteiger charge is -2.17. The van der Waals surface area contributed by atoms with Gasteiger partial charge in [-0.05, 0) is 6.42 Å². The van der Waals surface area contributed by atoms with Crippen molar-refractivity contribution in [3.63, 3.8) is 0 Å². The Bertz CT molecular complexity index is 195. The Morgan fingerprint density at radius 1 is 1.64 bits per heavy atom.